The fourth-order valence-corrected chi connectivity index (χ4v) is 1.14. The van der Waals surface area contributed by atoms with Crippen LogP contribution in [0.2, 0.25) is 0 Å². The van der Waals surface area contributed by atoms with E-state index in [1.807, 2.05) is 12.2 Å². The predicted molar refractivity (Wildman–Crippen MR) is 47.2 cm³/mol. The lowest BCUT2D eigenvalue weighted by atomic mass is 10.1. The zero-order valence-electron chi connectivity index (χ0n) is 7.13. The molecule has 1 nitrogen and oxygen atoms in total. The summed E-state index contributed by atoms with van der Waals surface area (Å²) in [7, 11) is 1.72. The van der Waals surface area contributed by atoms with E-state index in [4.69, 9.17) is 4.74 Å². The Balaban J connectivity index is 2.62. The van der Waals surface area contributed by atoms with Gasteiger partial charge in [0.25, 0.3) is 0 Å². The molecule has 0 fully saturated rings. The molecule has 0 unspecified atom stereocenters. The van der Waals surface area contributed by atoms with Crippen molar-refractivity contribution in [2.24, 2.45) is 0 Å². The van der Waals surface area contributed by atoms with Crippen molar-refractivity contribution in [3.8, 4) is 0 Å². The normalized spacial score (nSPS) is 20.2. The minimum Gasteiger partial charge on any atom is -0.501 e. The van der Waals surface area contributed by atoms with Crippen LogP contribution in [-0.2, 0) is 4.74 Å². The maximum atomic E-state index is 5.14. The first-order valence-corrected chi connectivity index (χ1v) is 3.97. The van der Waals surface area contributed by atoms with Crippen LogP contribution < -0.4 is 0 Å². The Kier molecular flexibility index (Phi) is 2.96. The lowest BCUT2D eigenvalue weighted by Gasteiger charge is -2.09. The second kappa shape index (κ2) is 4.02. The number of hydrogen-bond acceptors (Lipinski definition) is 1. The summed E-state index contributed by atoms with van der Waals surface area (Å²) in [6, 6.07) is 0. The highest BCUT2D eigenvalue weighted by molar-refractivity contribution is 5.31. The standard InChI is InChI=1S/C10H14O/c1-3-5-9-6-4-7-10(8-9)11-2/h4-7H,3,8H2,1-2H3/b9-5-. The van der Waals surface area contributed by atoms with Crippen LogP contribution in [0, 0.1) is 0 Å². The van der Waals surface area contributed by atoms with Gasteiger partial charge >= 0.3 is 0 Å². The molecule has 11 heavy (non-hydrogen) atoms. The fourth-order valence-electron chi connectivity index (χ4n) is 1.14. The van der Waals surface area contributed by atoms with Gasteiger partial charge in [0, 0.05) is 6.42 Å². The molecule has 0 aromatic heterocycles. The maximum Gasteiger partial charge on any atom is 0.0999 e. The van der Waals surface area contributed by atoms with Crippen LogP contribution in [0.1, 0.15) is 19.8 Å². The summed E-state index contributed by atoms with van der Waals surface area (Å²) in [4.78, 5) is 0. The third-order valence-electron chi connectivity index (χ3n) is 1.70. The molecule has 0 heterocycles. The molecule has 0 atom stereocenters. The number of hydrogen-bond donors (Lipinski definition) is 0. The van der Waals surface area contributed by atoms with Crippen molar-refractivity contribution in [1.29, 1.82) is 0 Å². The smallest absolute Gasteiger partial charge is 0.0999 e. The zero-order chi connectivity index (χ0) is 8.10. The van der Waals surface area contributed by atoms with Gasteiger partial charge in [-0.05, 0) is 18.1 Å². The molecule has 1 rings (SSSR count). The topological polar surface area (TPSA) is 9.23 Å². The summed E-state index contributed by atoms with van der Waals surface area (Å²) in [5.74, 6) is 1.05. The maximum absolute atomic E-state index is 5.14. The highest BCUT2D eigenvalue weighted by Gasteiger charge is 2.01. The van der Waals surface area contributed by atoms with Gasteiger partial charge in [0.1, 0.15) is 0 Å². The van der Waals surface area contributed by atoms with E-state index in [-0.39, 0.29) is 0 Å². The first-order valence-electron chi connectivity index (χ1n) is 3.97. The van der Waals surface area contributed by atoms with Crippen LogP contribution >= 0.6 is 0 Å². The van der Waals surface area contributed by atoms with E-state index < -0.39 is 0 Å². The average molecular weight is 150 g/mol. The third-order valence-corrected chi connectivity index (χ3v) is 1.70. The molecule has 0 N–H and O–H groups in total. The minimum absolute atomic E-state index is 0.945. The molecule has 1 heteroatoms. The van der Waals surface area contributed by atoms with Gasteiger partial charge in [-0.15, -0.1) is 0 Å². The molecule has 0 saturated carbocycles. The van der Waals surface area contributed by atoms with Crippen molar-refractivity contribution in [3.05, 3.63) is 35.6 Å². The number of ether oxygens (including phenoxy) is 1. The molecule has 0 aliphatic heterocycles. The Bertz CT molecular complexity index is 209. The molecule has 60 valence electrons. The van der Waals surface area contributed by atoms with Crippen molar-refractivity contribution >= 4 is 0 Å². The van der Waals surface area contributed by atoms with Crippen LogP contribution in [0.25, 0.3) is 0 Å². The molecule has 0 amide bonds. The van der Waals surface area contributed by atoms with Crippen LogP contribution in [0.4, 0.5) is 0 Å². The molecule has 0 bridgehead atoms. The fraction of sp³-hybridized carbons (Fsp3) is 0.400. The van der Waals surface area contributed by atoms with Gasteiger partial charge in [-0.1, -0.05) is 25.2 Å². The van der Waals surface area contributed by atoms with E-state index in [1.165, 1.54) is 5.57 Å². The first kappa shape index (κ1) is 8.12. The molecular weight excluding hydrogens is 136 g/mol. The molecule has 1 aliphatic rings. The summed E-state index contributed by atoms with van der Waals surface area (Å²) in [5, 5.41) is 0. The van der Waals surface area contributed by atoms with E-state index in [9.17, 15) is 0 Å². The monoisotopic (exact) mass is 150 g/mol. The lowest BCUT2D eigenvalue weighted by Crippen LogP contribution is -1.92. The molecule has 1 aliphatic carbocycles. The van der Waals surface area contributed by atoms with Crippen molar-refractivity contribution in [1.82, 2.24) is 0 Å². The van der Waals surface area contributed by atoms with Gasteiger partial charge in [-0.25, -0.2) is 0 Å². The second-order valence-corrected chi connectivity index (χ2v) is 2.56. The molecule has 0 aromatic rings. The van der Waals surface area contributed by atoms with E-state index in [1.54, 1.807) is 7.11 Å². The zero-order valence-corrected chi connectivity index (χ0v) is 7.13. The molecule has 0 spiro atoms. The highest BCUT2D eigenvalue weighted by atomic mass is 16.5. The average Bonchev–Trinajstić information content (AvgIpc) is 2.06. The van der Waals surface area contributed by atoms with Crippen LogP contribution in [0.3, 0.4) is 0 Å². The first-order chi connectivity index (χ1) is 5.36. The third kappa shape index (κ3) is 2.26. The number of allylic oxidation sites excluding steroid dienone is 5. The van der Waals surface area contributed by atoms with Crippen molar-refractivity contribution in [3.63, 3.8) is 0 Å². The van der Waals surface area contributed by atoms with Gasteiger partial charge in [-0.3, -0.25) is 0 Å². The van der Waals surface area contributed by atoms with Gasteiger partial charge in [0.15, 0.2) is 0 Å². The summed E-state index contributed by atoms with van der Waals surface area (Å²) in [5.41, 5.74) is 1.35. The van der Waals surface area contributed by atoms with Gasteiger partial charge in [0.2, 0.25) is 0 Å². The summed E-state index contributed by atoms with van der Waals surface area (Å²) in [6.45, 7) is 2.14. The van der Waals surface area contributed by atoms with Crippen molar-refractivity contribution in [2.75, 3.05) is 7.11 Å². The van der Waals surface area contributed by atoms with E-state index in [0.717, 1.165) is 18.6 Å². The number of rotatable bonds is 2. The van der Waals surface area contributed by atoms with Crippen LogP contribution in [-0.4, -0.2) is 7.11 Å². The SMILES string of the molecule is CC/C=C1/C=CC=C(OC)C1. The largest absolute Gasteiger partial charge is 0.501 e. The van der Waals surface area contributed by atoms with Crippen LogP contribution in [0.5, 0.6) is 0 Å². The molecular formula is C10H14O. The molecule has 0 saturated heterocycles. The predicted octanol–water partition coefficient (Wildman–Crippen LogP) is 2.81. The van der Waals surface area contributed by atoms with Gasteiger partial charge in [0.05, 0.1) is 12.9 Å². The Morgan fingerprint density at radius 3 is 3.09 bits per heavy atom. The van der Waals surface area contributed by atoms with E-state index >= 15 is 0 Å². The van der Waals surface area contributed by atoms with Crippen LogP contribution in [0.15, 0.2) is 35.6 Å². The van der Waals surface area contributed by atoms with Gasteiger partial charge < -0.3 is 4.74 Å². The summed E-state index contributed by atoms with van der Waals surface area (Å²) < 4.78 is 5.14. The lowest BCUT2D eigenvalue weighted by molar-refractivity contribution is 0.283. The van der Waals surface area contributed by atoms with E-state index in [0.29, 0.717) is 0 Å². The van der Waals surface area contributed by atoms with Crippen molar-refractivity contribution < 1.29 is 4.74 Å². The Labute approximate surface area is 68.1 Å². The minimum atomic E-state index is 0.945. The Morgan fingerprint density at radius 2 is 2.45 bits per heavy atom. The highest BCUT2D eigenvalue weighted by Crippen LogP contribution is 2.18. The molecule has 0 aromatic carbocycles. The van der Waals surface area contributed by atoms with Gasteiger partial charge in [-0.2, -0.15) is 0 Å². The summed E-state index contributed by atoms with van der Waals surface area (Å²) >= 11 is 0. The van der Waals surface area contributed by atoms with E-state index in [2.05, 4.69) is 19.1 Å². The number of methoxy groups -OCH3 is 1. The summed E-state index contributed by atoms with van der Waals surface area (Å²) in [6.07, 6.45) is 10.4. The second-order valence-electron chi connectivity index (χ2n) is 2.56. The van der Waals surface area contributed by atoms with Crippen molar-refractivity contribution in [2.45, 2.75) is 19.8 Å². The Morgan fingerprint density at radius 1 is 1.64 bits per heavy atom. The Hall–Kier alpha value is -0.980. The molecule has 0 radical (unpaired) electrons. The quantitative estimate of drug-likeness (QED) is 0.588.